The Hall–Kier alpha value is -2.44. The van der Waals surface area contributed by atoms with Crippen LogP contribution in [0.15, 0.2) is 18.2 Å². The molecule has 108 valence electrons. The van der Waals surface area contributed by atoms with Crippen LogP contribution >= 0.6 is 0 Å². The van der Waals surface area contributed by atoms with Crippen LogP contribution in [0.5, 0.6) is 0 Å². The third-order valence-corrected chi connectivity index (χ3v) is 2.96. The lowest BCUT2D eigenvalue weighted by atomic mass is 10.1. The summed E-state index contributed by atoms with van der Waals surface area (Å²) < 4.78 is 4.49. The zero-order valence-corrected chi connectivity index (χ0v) is 11.6. The maximum absolute atomic E-state index is 12.2. The van der Waals surface area contributed by atoms with Crippen LogP contribution in [0.25, 0.3) is 0 Å². The van der Waals surface area contributed by atoms with E-state index in [2.05, 4.69) is 4.74 Å². The van der Waals surface area contributed by atoms with Crippen molar-refractivity contribution in [1.82, 2.24) is 4.90 Å². The summed E-state index contributed by atoms with van der Waals surface area (Å²) in [6, 6.07) is 4.34. The number of amides is 1. The van der Waals surface area contributed by atoms with Crippen molar-refractivity contribution in [2.24, 2.45) is 0 Å². The van der Waals surface area contributed by atoms with Crippen LogP contribution in [0.4, 0.5) is 5.69 Å². The SMILES string of the molecule is COC(=O)CCN(C)C(=O)c1cccc([N+](=O)[O-])c1C. The number of nitro benzene ring substituents is 1. The predicted octanol–water partition coefficient (Wildman–Crippen LogP) is 1.54. The maximum Gasteiger partial charge on any atom is 0.307 e. The van der Waals surface area contributed by atoms with Gasteiger partial charge in [0.2, 0.25) is 0 Å². The topological polar surface area (TPSA) is 89.8 Å². The van der Waals surface area contributed by atoms with E-state index in [1.807, 2.05) is 0 Å². The van der Waals surface area contributed by atoms with Gasteiger partial charge in [-0.2, -0.15) is 0 Å². The molecule has 0 spiro atoms. The van der Waals surface area contributed by atoms with Crippen LogP contribution in [0.1, 0.15) is 22.3 Å². The van der Waals surface area contributed by atoms with Crippen molar-refractivity contribution in [3.63, 3.8) is 0 Å². The largest absolute Gasteiger partial charge is 0.469 e. The number of methoxy groups -OCH3 is 1. The van der Waals surface area contributed by atoms with Gasteiger partial charge in [0.15, 0.2) is 0 Å². The second-order valence-electron chi connectivity index (χ2n) is 4.26. The first-order valence-corrected chi connectivity index (χ1v) is 5.94. The van der Waals surface area contributed by atoms with Gasteiger partial charge in [-0.25, -0.2) is 0 Å². The number of benzene rings is 1. The molecule has 0 saturated carbocycles. The smallest absolute Gasteiger partial charge is 0.307 e. The molecule has 1 rings (SSSR count). The van der Waals surface area contributed by atoms with Crippen molar-refractivity contribution < 1.29 is 19.2 Å². The predicted molar refractivity (Wildman–Crippen MR) is 71.4 cm³/mol. The van der Waals surface area contributed by atoms with Gasteiger partial charge in [-0.1, -0.05) is 6.07 Å². The van der Waals surface area contributed by atoms with Gasteiger partial charge in [-0.3, -0.25) is 19.7 Å². The number of esters is 1. The summed E-state index contributed by atoms with van der Waals surface area (Å²) in [5.41, 5.74) is 0.469. The lowest BCUT2D eigenvalue weighted by molar-refractivity contribution is -0.385. The Bertz CT molecular complexity index is 542. The highest BCUT2D eigenvalue weighted by Gasteiger charge is 2.20. The Morgan fingerprint density at radius 3 is 2.60 bits per heavy atom. The molecule has 0 fully saturated rings. The summed E-state index contributed by atoms with van der Waals surface area (Å²) in [6.07, 6.45) is 0.0761. The van der Waals surface area contributed by atoms with Crippen LogP contribution in [0.2, 0.25) is 0 Å². The molecule has 20 heavy (non-hydrogen) atoms. The van der Waals surface area contributed by atoms with Gasteiger partial charge < -0.3 is 9.64 Å². The van der Waals surface area contributed by atoms with Crippen molar-refractivity contribution >= 4 is 17.6 Å². The number of carbonyl (C=O) groups excluding carboxylic acids is 2. The van der Waals surface area contributed by atoms with E-state index in [0.29, 0.717) is 5.56 Å². The summed E-state index contributed by atoms with van der Waals surface area (Å²) in [5.74, 6) is -0.782. The van der Waals surface area contributed by atoms with Crippen molar-refractivity contribution in [3.8, 4) is 0 Å². The van der Waals surface area contributed by atoms with E-state index in [-0.39, 0.29) is 30.1 Å². The summed E-state index contributed by atoms with van der Waals surface area (Å²) in [6.45, 7) is 1.72. The lowest BCUT2D eigenvalue weighted by Crippen LogP contribution is -2.29. The molecule has 0 unspecified atom stereocenters. The molecule has 1 aromatic rings. The number of nitrogens with zero attached hydrogens (tertiary/aromatic N) is 2. The fourth-order valence-corrected chi connectivity index (χ4v) is 1.72. The highest BCUT2D eigenvalue weighted by molar-refractivity contribution is 5.96. The number of nitro groups is 1. The molecule has 0 saturated heterocycles. The minimum Gasteiger partial charge on any atom is -0.469 e. The molecule has 0 atom stereocenters. The van der Waals surface area contributed by atoms with Crippen LogP contribution < -0.4 is 0 Å². The number of hydrogen-bond acceptors (Lipinski definition) is 5. The van der Waals surface area contributed by atoms with Crippen molar-refractivity contribution in [2.75, 3.05) is 20.7 Å². The molecule has 7 nitrogen and oxygen atoms in total. The Labute approximate surface area is 116 Å². The van der Waals surface area contributed by atoms with Crippen LogP contribution in [-0.2, 0) is 9.53 Å². The van der Waals surface area contributed by atoms with Gasteiger partial charge in [0.1, 0.15) is 0 Å². The third-order valence-electron chi connectivity index (χ3n) is 2.96. The monoisotopic (exact) mass is 280 g/mol. The average molecular weight is 280 g/mol. The Balaban J connectivity index is 2.89. The van der Waals surface area contributed by atoms with Gasteiger partial charge in [0.25, 0.3) is 11.6 Å². The van der Waals surface area contributed by atoms with E-state index < -0.39 is 10.9 Å². The van der Waals surface area contributed by atoms with E-state index in [9.17, 15) is 19.7 Å². The van der Waals surface area contributed by atoms with Crippen LogP contribution in [0.3, 0.4) is 0 Å². The average Bonchev–Trinajstić information content (AvgIpc) is 2.43. The van der Waals surface area contributed by atoms with Gasteiger partial charge >= 0.3 is 5.97 Å². The van der Waals surface area contributed by atoms with Gasteiger partial charge in [-0.15, -0.1) is 0 Å². The van der Waals surface area contributed by atoms with Gasteiger partial charge in [0, 0.05) is 30.8 Å². The molecule has 7 heteroatoms. The number of ether oxygens (including phenoxy) is 1. The molecule has 0 aliphatic carbocycles. The van der Waals surface area contributed by atoms with Crippen molar-refractivity contribution in [3.05, 3.63) is 39.4 Å². The molecule has 0 radical (unpaired) electrons. The first-order chi connectivity index (χ1) is 9.38. The molecule has 0 heterocycles. The van der Waals surface area contributed by atoms with Crippen LogP contribution in [0, 0.1) is 17.0 Å². The standard InChI is InChI=1S/C13H16N2O5/c1-9-10(5-4-6-11(9)15(18)19)13(17)14(2)8-7-12(16)20-3/h4-6H,7-8H2,1-3H3. The quantitative estimate of drug-likeness (QED) is 0.463. The Morgan fingerprint density at radius 2 is 2.05 bits per heavy atom. The molecule has 1 aromatic carbocycles. The molecule has 0 aliphatic heterocycles. The van der Waals surface area contributed by atoms with E-state index in [0.717, 1.165) is 0 Å². The maximum atomic E-state index is 12.2. The second kappa shape index (κ2) is 6.65. The zero-order chi connectivity index (χ0) is 15.3. The van der Waals surface area contributed by atoms with E-state index in [4.69, 9.17) is 0 Å². The van der Waals surface area contributed by atoms with E-state index in [1.54, 1.807) is 0 Å². The second-order valence-corrected chi connectivity index (χ2v) is 4.26. The highest BCUT2D eigenvalue weighted by atomic mass is 16.6. The molecule has 1 amide bonds. The molecule has 0 N–H and O–H groups in total. The van der Waals surface area contributed by atoms with E-state index in [1.165, 1.54) is 44.2 Å². The summed E-state index contributed by atoms with van der Waals surface area (Å²) in [4.78, 5) is 34.9. The lowest BCUT2D eigenvalue weighted by Gasteiger charge is -2.17. The molecule has 0 aromatic heterocycles. The normalized spacial score (nSPS) is 9.95. The van der Waals surface area contributed by atoms with E-state index >= 15 is 0 Å². The summed E-state index contributed by atoms with van der Waals surface area (Å²) >= 11 is 0. The zero-order valence-electron chi connectivity index (χ0n) is 11.6. The molecule has 0 bridgehead atoms. The first-order valence-electron chi connectivity index (χ1n) is 5.94. The fraction of sp³-hybridized carbons (Fsp3) is 0.385. The molecular weight excluding hydrogens is 264 g/mol. The summed E-state index contributed by atoms with van der Waals surface area (Å²) in [5, 5.41) is 10.8. The van der Waals surface area contributed by atoms with Gasteiger partial charge in [0.05, 0.1) is 18.5 Å². The van der Waals surface area contributed by atoms with Crippen LogP contribution in [-0.4, -0.2) is 42.4 Å². The highest BCUT2D eigenvalue weighted by Crippen LogP contribution is 2.22. The van der Waals surface area contributed by atoms with Crippen molar-refractivity contribution in [2.45, 2.75) is 13.3 Å². The Morgan fingerprint density at radius 1 is 1.40 bits per heavy atom. The number of carbonyl (C=O) groups is 2. The minimum absolute atomic E-state index is 0.0761. The fourth-order valence-electron chi connectivity index (χ4n) is 1.72. The molecular formula is C13H16N2O5. The summed E-state index contributed by atoms with van der Waals surface area (Å²) in [7, 11) is 2.80. The van der Waals surface area contributed by atoms with Crippen molar-refractivity contribution in [1.29, 1.82) is 0 Å². The first kappa shape index (κ1) is 15.6. The van der Waals surface area contributed by atoms with Gasteiger partial charge in [-0.05, 0) is 13.0 Å². The number of hydrogen-bond donors (Lipinski definition) is 0. The molecule has 0 aliphatic rings. The Kier molecular flexibility index (Phi) is 5.19. The minimum atomic E-state index is -0.527. The number of rotatable bonds is 5. The third kappa shape index (κ3) is 3.53.